The number of rotatable bonds is 3. The molecule has 0 spiro atoms. The molecule has 122 valence electrons. The van der Waals surface area contributed by atoms with Crippen LogP contribution in [0.5, 0.6) is 0 Å². The summed E-state index contributed by atoms with van der Waals surface area (Å²) in [5, 5.41) is 8.25. The number of anilines is 2. The number of carbonyl (C=O) groups excluding carboxylic acids is 1. The molecule has 1 aliphatic carbocycles. The lowest BCUT2D eigenvalue weighted by Crippen LogP contribution is -2.15. The van der Waals surface area contributed by atoms with Gasteiger partial charge in [0, 0.05) is 30.4 Å². The third-order valence-corrected chi connectivity index (χ3v) is 4.05. The van der Waals surface area contributed by atoms with Crippen LogP contribution in [0.15, 0.2) is 30.7 Å². The van der Waals surface area contributed by atoms with E-state index in [1.165, 1.54) is 0 Å². The Kier molecular flexibility index (Phi) is 3.19. The van der Waals surface area contributed by atoms with Crippen LogP contribution in [0.1, 0.15) is 6.42 Å². The first kappa shape index (κ1) is 14.6. The Balaban J connectivity index is 1.70. The van der Waals surface area contributed by atoms with Crippen LogP contribution in [0.3, 0.4) is 0 Å². The van der Waals surface area contributed by atoms with E-state index in [9.17, 15) is 9.18 Å². The number of carbonyl (C=O) groups is 1. The van der Waals surface area contributed by atoms with Gasteiger partial charge >= 0.3 is 0 Å². The predicted molar refractivity (Wildman–Crippen MR) is 87.8 cm³/mol. The molecule has 1 aliphatic rings. The van der Waals surface area contributed by atoms with Crippen molar-refractivity contribution < 1.29 is 9.18 Å². The number of nitrogen functional groups attached to an aromatic ring is 1. The second-order valence-corrected chi connectivity index (χ2v) is 5.93. The number of nitrogens with zero attached hydrogens (tertiary/aromatic N) is 4. The molecule has 1 amide bonds. The summed E-state index contributed by atoms with van der Waals surface area (Å²) in [5.41, 5.74) is 7.54. The molecule has 2 unspecified atom stereocenters. The quantitative estimate of drug-likeness (QED) is 0.766. The van der Waals surface area contributed by atoms with Crippen LogP contribution in [-0.4, -0.2) is 31.8 Å². The van der Waals surface area contributed by atoms with E-state index < -0.39 is 12.1 Å². The summed E-state index contributed by atoms with van der Waals surface area (Å²) in [6.45, 7) is 0. The fourth-order valence-corrected chi connectivity index (χ4v) is 2.60. The van der Waals surface area contributed by atoms with Gasteiger partial charge < -0.3 is 11.1 Å². The van der Waals surface area contributed by atoms with Crippen LogP contribution in [0.2, 0.25) is 0 Å². The molecule has 3 aromatic heterocycles. The summed E-state index contributed by atoms with van der Waals surface area (Å²) in [5.74, 6) is -0.183. The number of fused-ring (bicyclic) bond motifs is 1. The van der Waals surface area contributed by atoms with Crippen LogP contribution in [0.4, 0.5) is 16.0 Å². The van der Waals surface area contributed by atoms with Gasteiger partial charge in [-0.05, 0) is 23.9 Å². The van der Waals surface area contributed by atoms with E-state index in [4.69, 9.17) is 5.73 Å². The molecular formula is C16H15FN6O. The van der Waals surface area contributed by atoms with E-state index in [0.29, 0.717) is 22.7 Å². The van der Waals surface area contributed by atoms with E-state index in [1.54, 1.807) is 23.1 Å². The number of pyridine rings is 2. The number of hydrogen-bond donors (Lipinski definition) is 2. The Bertz CT molecular complexity index is 953. The summed E-state index contributed by atoms with van der Waals surface area (Å²) < 4.78 is 14.6. The monoisotopic (exact) mass is 326 g/mol. The average molecular weight is 326 g/mol. The highest BCUT2D eigenvalue weighted by atomic mass is 19.1. The number of hydrogen-bond acceptors (Lipinski definition) is 5. The van der Waals surface area contributed by atoms with E-state index in [2.05, 4.69) is 20.4 Å². The minimum Gasteiger partial charge on any atom is -0.383 e. The number of nitrogens with one attached hydrogen (secondary N) is 1. The fraction of sp³-hybridized carbons (Fsp3) is 0.250. The SMILES string of the molecule is Cn1cc(-c2cc3cc(NC(=O)C4CC4F)ncc3c(N)n2)cn1. The van der Waals surface area contributed by atoms with Gasteiger partial charge in [-0.3, -0.25) is 9.48 Å². The van der Waals surface area contributed by atoms with E-state index in [-0.39, 0.29) is 12.3 Å². The molecule has 0 saturated heterocycles. The van der Waals surface area contributed by atoms with E-state index in [1.807, 2.05) is 19.3 Å². The molecule has 1 fully saturated rings. The molecule has 8 heteroatoms. The zero-order valence-corrected chi connectivity index (χ0v) is 12.9. The van der Waals surface area contributed by atoms with Crippen LogP contribution >= 0.6 is 0 Å². The zero-order chi connectivity index (χ0) is 16.8. The van der Waals surface area contributed by atoms with Gasteiger partial charge in [-0.15, -0.1) is 0 Å². The maximum absolute atomic E-state index is 13.0. The third kappa shape index (κ3) is 2.55. The molecule has 4 rings (SSSR count). The van der Waals surface area contributed by atoms with Gasteiger partial charge in [0.15, 0.2) is 0 Å². The van der Waals surface area contributed by atoms with Gasteiger partial charge in [0.05, 0.1) is 17.8 Å². The highest BCUT2D eigenvalue weighted by Gasteiger charge is 2.43. The lowest BCUT2D eigenvalue weighted by molar-refractivity contribution is -0.117. The van der Waals surface area contributed by atoms with Crippen LogP contribution in [-0.2, 0) is 11.8 Å². The Labute approximate surface area is 136 Å². The average Bonchev–Trinajstić information content (AvgIpc) is 3.12. The van der Waals surface area contributed by atoms with Crippen molar-refractivity contribution in [2.75, 3.05) is 11.1 Å². The molecule has 0 aliphatic heterocycles. The first-order valence-electron chi connectivity index (χ1n) is 7.51. The minimum absolute atomic E-state index is 0.279. The molecule has 0 aromatic carbocycles. The second-order valence-electron chi connectivity index (χ2n) is 5.93. The standard InChI is InChI=1S/C16H15FN6O/c1-23-7-9(5-20-23)13-2-8-3-14(19-6-11(8)15(18)21-13)22-16(24)10-4-12(10)17/h2-3,5-7,10,12H,4H2,1H3,(H2,18,21)(H,19,22,24). The Morgan fingerprint density at radius 2 is 2.21 bits per heavy atom. The lowest BCUT2D eigenvalue weighted by Gasteiger charge is -2.08. The first-order chi connectivity index (χ1) is 11.5. The maximum Gasteiger partial charge on any atom is 0.231 e. The van der Waals surface area contributed by atoms with Crippen molar-refractivity contribution in [2.45, 2.75) is 12.6 Å². The maximum atomic E-state index is 13.0. The minimum atomic E-state index is -1.04. The van der Waals surface area contributed by atoms with Crippen molar-refractivity contribution in [1.29, 1.82) is 0 Å². The van der Waals surface area contributed by atoms with Gasteiger partial charge in [-0.1, -0.05) is 0 Å². The lowest BCUT2D eigenvalue weighted by atomic mass is 10.1. The number of aryl methyl sites for hydroxylation is 1. The topological polar surface area (TPSA) is 98.7 Å². The molecule has 0 radical (unpaired) electrons. The van der Waals surface area contributed by atoms with Crippen molar-refractivity contribution in [1.82, 2.24) is 19.7 Å². The molecule has 1 saturated carbocycles. The smallest absolute Gasteiger partial charge is 0.231 e. The van der Waals surface area contributed by atoms with Crippen molar-refractivity contribution in [2.24, 2.45) is 13.0 Å². The highest BCUT2D eigenvalue weighted by Crippen LogP contribution is 2.35. The third-order valence-electron chi connectivity index (χ3n) is 4.05. The van der Waals surface area contributed by atoms with Crippen LogP contribution in [0.25, 0.3) is 22.0 Å². The first-order valence-corrected chi connectivity index (χ1v) is 7.51. The van der Waals surface area contributed by atoms with Crippen molar-refractivity contribution in [3.05, 3.63) is 30.7 Å². The summed E-state index contributed by atoms with van der Waals surface area (Å²) in [4.78, 5) is 20.4. The Morgan fingerprint density at radius 3 is 2.88 bits per heavy atom. The van der Waals surface area contributed by atoms with Gasteiger partial charge in [-0.25, -0.2) is 14.4 Å². The number of halogens is 1. The number of aromatic nitrogens is 4. The number of alkyl halides is 1. The summed E-state index contributed by atoms with van der Waals surface area (Å²) >= 11 is 0. The Morgan fingerprint density at radius 1 is 1.42 bits per heavy atom. The molecule has 7 nitrogen and oxygen atoms in total. The van der Waals surface area contributed by atoms with Crippen LogP contribution < -0.4 is 11.1 Å². The zero-order valence-electron chi connectivity index (χ0n) is 12.9. The molecule has 3 aromatic rings. The summed E-state index contributed by atoms with van der Waals surface area (Å²) in [6, 6.07) is 3.57. The fourth-order valence-electron chi connectivity index (χ4n) is 2.60. The predicted octanol–water partition coefficient (Wildman–Crippen LogP) is 1.91. The molecule has 0 bridgehead atoms. The Hall–Kier alpha value is -3.03. The largest absolute Gasteiger partial charge is 0.383 e. The normalized spacial score (nSPS) is 19.4. The van der Waals surface area contributed by atoms with Gasteiger partial charge in [-0.2, -0.15) is 5.10 Å². The van der Waals surface area contributed by atoms with Crippen molar-refractivity contribution in [3.8, 4) is 11.3 Å². The van der Waals surface area contributed by atoms with Gasteiger partial charge in [0.1, 0.15) is 17.8 Å². The molecule has 2 atom stereocenters. The summed E-state index contributed by atoms with van der Waals surface area (Å²) in [7, 11) is 1.82. The highest BCUT2D eigenvalue weighted by molar-refractivity contribution is 5.98. The number of nitrogens with two attached hydrogens (primary N) is 1. The van der Waals surface area contributed by atoms with Crippen molar-refractivity contribution >= 4 is 28.3 Å². The molecular weight excluding hydrogens is 311 g/mol. The van der Waals surface area contributed by atoms with Crippen LogP contribution in [0, 0.1) is 5.92 Å². The second kappa shape index (κ2) is 5.26. The summed E-state index contributed by atoms with van der Waals surface area (Å²) in [6.07, 6.45) is 4.34. The van der Waals surface area contributed by atoms with Crippen molar-refractivity contribution in [3.63, 3.8) is 0 Å². The number of amides is 1. The van der Waals surface area contributed by atoms with E-state index >= 15 is 0 Å². The molecule has 3 N–H and O–H groups in total. The molecule has 24 heavy (non-hydrogen) atoms. The van der Waals surface area contributed by atoms with E-state index in [0.717, 1.165) is 10.9 Å². The van der Waals surface area contributed by atoms with Gasteiger partial charge in [0.2, 0.25) is 5.91 Å². The molecule has 3 heterocycles. The van der Waals surface area contributed by atoms with Gasteiger partial charge in [0.25, 0.3) is 0 Å².